The SMILES string of the molecule is CC[C@@H](C)NC(=O)[C@@H](C)N(Cc1ccc(C)cc1)C(=O)CCCN(c1cccc(Cl)c1)S(C)(=O)=O. The second-order valence-corrected chi connectivity index (χ2v) is 11.3. The number of carbonyl (C=O) groups excluding carboxylic acids is 2. The summed E-state index contributed by atoms with van der Waals surface area (Å²) in [6.45, 7) is 8.03. The van der Waals surface area contributed by atoms with Crippen molar-refractivity contribution >= 4 is 39.1 Å². The molecule has 0 saturated heterocycles. The molecule has 9 heteroatoms. The minimum absolute atomic E-state index is 0.00212. The van der Waals surface area contributed by atoms with E-state index in [1.165, 1.54) is 4.31 Å². The van der Waals surface area contributed by atoms with Crippen LogP contribution in [0.3, 0.4) is 0 Å². The summed E-state index contributed by atoms with van der Waals surface area (Å²) in [6.07, 6.45) is 2.30. The van der Waals surface area contributed by atoms with Crippen molar-refractivity contribution in [3.63, 3.8) is 0 Å². The molecule has 2 rings (SSSR count). The van der Waals surface area contributed by atoms with Crippen molar-refractivity contribution in [2.75, 3.05) is 17.1 Å². The Labute approximate surface area is 214 Å². The Morgan fingerprint density at radius 1 is 1.09 bits per heavy atom. The molecule has 0 aliphatic heterocycles. The molecular weight excluding hydrogens is 486 g/mol. The molecule has 0 spiro atoms. The first-order valence-corrected chi connectivity index (χ1v) is 14.0. The van der Waals surface area contributed by atoms with Gasteiger partial charge in [0, 0.05) is 30.6 Å². The Hall–Kier alpha value is -2.58. The Kier molecular flexibility index (Phi) is 10.6. The number of carbonyl (C=O) groups is 2. The monoisotopic (exact) mass is 521 g/mol. The average molecular weight is 522 g/mol. The minimum atomic E-state index is -3.57. The highest BCUT2D eigenvalue weighted by atomic mass is 35.5. The maximum absolute atomic E-state index is 13.3. The van der Waals surface area contributed by atoms with Crippen LogP contribution in [0.1, 0.15) is 51.2 Å². The molecule has 0 aliphatic carbocycles. The molecule has 0 aliphatic rings. The van der Waals surface area contributed by atoms with E-state index in [0.717, 1.165) is 23.8 Å². The molecule has 0 fully saturated rings. The lowest BCUT2D eigenvalue weighted by atomic mass is 10.1. The smallest absolute Gasteiger partial charge is 0.242 e. The second-order valence-electron chi connectivity index (χ2n) is 8.92. The number of hydrogen-bond donors (Lipinski definition) is 1. The van der Waals surface area contributed by atoms with Gasteiger partial charge in [0.1, 0.15) is 6.04 Å². The predicted octanol–water partition coefficient (Wildman–Crippen LogP) is 4.53. The topological polar surface area (TPSA) is 86.8 Å². The number of amides is 2. The van der Waals surface area contributed by atoms with E-state index in [-0.39, 0.29) is 37.4 Å². The molecule has 0 radical (unpaired) electrons. The van der Waals surface area contributed by atoms with Crippen molar-refractivity contribution in [3.8, 4) is 0 Å². The molecule has 1 N–H and O–H groups in total. The van der Waals surface area contributed by atoms with Crippen molar-refractivity contribution in [1.29, 1.82) is 0 Å². The lowest BCUT2D eigenvalue weighted by Crippen LogP contribution is -2.49. The number of anilines is 1. The van der Waals surface area contributed by atoms with E-state index in [4.69, 9.17) is 11.6 Å². The van der Waals surface area contributed by atoms with Gasteiger partial charge in [-0.05, 0) is 57.4 Å². The van der Waals surface area contributed by atoms with Crippen LogP contribution >= 0.6 is 11.6 Å². The molecule has 35 heavy (non-hydrogen) atoms. The van der Waals surface area contributed by atoms with Crippen molar-refractivity contribution in [2.45, 2.75) is 65.6 Å². The summed E-state index contributed by atoms with van der Waals surface area (Å²) < 4.78 is 26.0. The molecule has 0 bridgehead atoms. The molecule has 0 unspecified atom stereocenters. The standard InChI is InChI=1S/C26H36ClN3O4S/c1-6-20(3)28-26(32)21(4)29(18-22-14-12-19(2)13-15-22)25(31)11-8-16-30(35(5,33)34)24-10-7-9-23(27)17-24/h7,9-10,12-15,17,20-21H,6,8,11,16,18H2,1-5H3,(H,28,32)/t20-,21-/m1/s1. The number of aryl methyl sites for hydroxylation is 1. The predicted molar refractivity (Wildman–Crippen MR) is 142 cm³/mol. The highest BCUT2D eigenvalue weighted by Crippen LogP contribution is 2.22. The fourth-order valence-corrected chi connectivity index (χ4v) is 4.72. The number of halogens is 1. The van der Waals surface area contributed by atoms with Crippen LogP contribution in [0.2, 0.25) is 5.02 Å². The van der Waals surface area contributed by atoms with E-state index in [2.05, 4.69) is 5.32 Å². The summed E-state index contributed by atoms with van der Waals surface area (Å²) in [7, 11) is -3.57. The van der Waals surface area contributed by atoms with Crippen LogP contribution in [-0.2, 0) is 26.2 Å². The first-order chi connectivity index (χ1) is 16.4. The quantitative estimate of drug-likeness (QED) is 0.444. The zero-order valence-electron chi connectivity index (χ0n) is 21.1. The van der Waals surface area contributed by atoms with Crippen LogP contribution in [0, 0.1) is 6.92 Å². The summed E-state index contributed by atoms with van der Waals surface area (Å²) in [5.41, 5.74) is 2.48. The summed E-state index contributed by atoms with van der Waals surface area (Å²) >= 11 is 6.04. The third-order valence-corrected chi connectivity index (χ3v) is 7.32. The summed E-state index contributed by atoms with van der Waals surface area (Å²) in [5, 5.41) is 3.38. The Bertz CT molecular complexity index is 1110. The number of sulfonamides is 1. The molecule has 2 amide bonds. The highest BCUT2D eigenvalue weighted by Gasteiger charge is 2.27. The lowest BCUT2D eigenvalue weighted by Gasteiger charge is -2.30. The molecule has 0 saturated carbocycles. The molecule has 2 atom stereocenters. The number of hydrogen-bond acceptors (Lipinski definition) is 4. The molecule has 0 aromatic heterocycles. The first-order valence-electron chi connectivity index (χ1n) is 11.8. The fourth-order valence-electron chi connectivity index (χ4n) is 3.57. The Balaban J connectivity index is 2.16. The third kappa shape index (κ3) is 8.85. The van der Waals surface area contributed by atoms with Crippen LogP contribution in [-0.4, -0.2) is 50.0 Å². The van der Waals surface area contributed by atoms with Crippen molar-refractivity contribution in [1.82, 2.24) is 10.2 Å². The number of benzene rings is 2. The van der Waals surface area contributed by atoms with Crippen LogP contribution < -0.4 is 9.62 Å². The summed E-state index contributed by atoms with van der Waals surface area (Å²) in [4.78, 5) is 27.7. The summed E-state index contributed by atoms with van der Waals surface area (Å²) in [6, 6.07) is 13.8. The normalized spacial score (nSPS) is 13.1. The van der Waals surface area contributed by atoms with Crippen LogP contribution in [0.15, 0.2) is 48.5 Å². The van der Waals surface area contributed by atoms with Gasteiger partial charge in [0.15, 0.2) is 0 Å². The second kappa shape index (κ2) is 12.9. The molecule has 2 aromatic rings. The largest absolute Gasteiger partial charge is 0.352 e. The van der Waals surface area contributed by atoms with Gasteiger partial charge in [-0.3, -0.25) is 13.9 Å². The zero-order chi connectivity index (χ0) is 26.2. The molecule has 0 heterocycles. The van der Waals surface area contributed by atoms with Gasteiger partial charge in [0.2, 0.25) is 21.8 Å². The van der Waals surface area contributed by atoms with E-state index >= 15 is 0 Å². The third-order valence-electron chi connectivity index (χ3n) is 5.89. The maximum Gasteiger partial charge on any atom is 0.242 e. The summed E-state index contributed by atoms with van der Waals surface area (Å²) in [5.74, 6) is -0.423. The lowest BCUT2D eigenvalue weighted by molar-refractivity contribution is -0.140. The van der Waals surface area contributed by atoms with Gasteiger partial charge in [-0.15, -0.1) is 0 Å². The van der Waals surface area contributed by atoms with Gasteiger partial charge in [-0.2, -0.15) is 0 Å². The molecule has 2 aromatic carbocycles. The number of nitrogens with zero attached hydrogens (tertiary/aromatic N) is 2. The van der Waals surface area contributed by atoms with Crippen LogP contribution in [0.5, 0.6) is 0 Å². The van der Waals surface area contributed by atoms with Gasteiger partial charge < -0.3 is 10.2 Å². The van der Waals surface area contributed by atoms with E-state index in [0.29, 0.717) is 17.1 Å². The van der Waals surface area contributed by atoms with Crippen molar-refractivity contribution in [2.24, 2.45) is 0 Å². The number of nitrogens with one attached hydrogen (secondary N) is 1. The maximum atomic E-state index is 13.3. The van der Waals surface area contributed by atoms with Crippen molar-refractivity contribution < 1.29 is 18.0 Å². The highest BCUT2D eigenvalue weighted by molar-refractivity contribution is 7.92. The Morgan fingerprint density at radius 3 is 2.31 bits per heavy atom. The first kappa shape index (κ1) is 28.7. The zero-order valence-corrected chi connectivity index (χ0v) is 22.7. The molecule has 192 valence electrons. The molecule has 7 nitrogen and oxygen atoms in total. The van der Waals surface area contributed by atoms with Crippen molar-refractivity contribution in [3.05, 3.63) is 64.7 Å². The van der Waals surface area contributed by atoms with Gasteiger partial charge in [-0.25, -0.2) is 8.42 Å². The van der Waals surface area contributed by atoms with E-state index in [1.807, 2.05) is 45.0 Å². The van der Waals surface area contributed by atoms with E-state index in [9.17, 15) is 18.0 Å². The minimum Gasteiger partial charge on any atom is -0.352 e. The van der Waals surface area contributed by atoms with Crippen LogP contribution in [0.4, 0.5) is 5.69 Å². The van der Waals surface area contributed by atoms with Gasteiger partial charge in [0.05, 0.1) is 11.9 Å². The van der Waals surface area contributed by atoms with Crippen LogP contribution in [0.25, 0.3) is 0 Å². The van der Waals surface area contributed by atoms with Gasteiger partial charge in [-0.1, -0.05) is 54.4 Å². The average Bonchev–Trinajstić information content (AvgIpc) is 2.79. The van der Waals surface area contributed by atoms with Gasteiger partial charge >= 0.3 is 0 Å². The fraction of sp³-hybridized carbons (Fsp3) is 0.462. The number of rotatable bonds is 12. The van der Waals surface area contributed by atoms with E-state index < -0.39 is 16.1 Å². The van der Waals surface area contributed by atoms with Gasteiger partial charge in [0.25, 0.3) is 0 Å². The van der Waals surface area contributed by atoms with E-state index in [1.54, 1.807) is 36.1 Å². The Morgan fingerprint density at radius 2 is 1.74 bits per heavy atom. The molecular formula is C26H36ClN3O4S.